The summed E-state index contributed by atoms with van der Waals surface area (Å²) in [6.45, 7) is 3.95. The Morgan fingerprint density at radius 2 is 2.24 bits per heavy atom. The molecule has 1 aliphatic rings. The van der Waals surface area contributed by atoms with E-state index in [0.717, 1.165) is 16.2 Å². The van der Waals surface area contributed by atoms with Crippen LogP contribution in [0.1, 0.15) is 31.2 Å². The first kappa shape index (κ1) is 17.2. The molecule has 0 aliphatic carbocycles. The number of hydrogen-bond donors (Lipinski definition) is 1. The van der Waals surface area contributed by atoms with Crippen LogP contribution in [0.4, 0.5) is 0 Å². The predicted octanol–water partition coefficient (Wildman–Crippen LogP) is 2.30. The van der Waals surface area contributed by atoms with E-state index in [0.29, 0.717) is 5.25 Å². The van der Waals surface area contributed by atoms with Crippen molar-refractivity contribution >= 4 is 33.1 Å². The number of fused-ring (bicyclic) bond motifs is 1. The summed E-state index contributed by atoms with van der Waals surface area (Å²) < 4.78 is 39.2. The fraction of sp³-hybridized carbons (Fsp3) is 0.667. The molecular weight excluding hydrogens is 334 g/mol. The third-order valence-corrected chi connectivity index (χ3v) is 7.02. The molecule has 120 valence electrons. The van der Waals surface area contributed by atoms with Crippen molar-refractivity contribution in [1.82, 2.24) is 0 Å². The average molecular weight is 353 g/mol. The number of thioether (sulfide) groups is 1. The zero-order valence-electron chi connectivity index (χ0n) is 12.1. The molecule has 6 nitrogen and oxygen atoms in total. The fourth-order valence-corrected chi connectivity index (χ4v) is 5.35. The van der Waals surface area contributed by atoms with E-state index in [1.165, 1.54) is 11.3 Å². The van der Waals surface area contributed by atoms with E-state index < -0.39 is 10.0 Å². The topological polar surface area (TPSA) is 87.8 Å². The molecule has 2 heterocycles. The lowest BCUT2D eigenvalue weighted by atomic mass is 10.1. The van der Waals surface area contributed by atoms with Crippen molar-refractivity contribution in [3.05, 3.63) is 10.9 Å². The highest BCUT2D eigenvalue weighted by Crippen LogP contribution is 2.47. The summed E-state index contributed by atoms with van der Waals surface area (Å²) >= 11 is 2.81. The highest BCUT2D eigenvalue weighted by molar-refractivity contribution is 8.00. The smallest absolute Gasteiger partial charge is 0.247 e. The van der Waals surface area contributed by atoms with E-state index >= 15 is 0 Å². The fourth-order valence-electron chi connectivity index (χ4n) is 1.93. The van der Waals surface area contributed by atoms with Crippen molar-refractivity contribution in [2.24, 2.45) is 5.14 Å². The van der Waals surface area contributed by atoms with Crippen LogP contribution in [0.15, 0.2) is 15.2 Å². The van der Waals surface area contributed by atoms with Crippen molar-refractivity contribution in [2.45, 2.75) is 47.0 Å². The first-order valence-corrected chi connectivity index (χ1v) is 9.64. The van der Waals surface area contributed by atoms with Crippen molar-refractivity contribution in [3.8, 4) is 0 Å². The molecule has 1 aromatic rings. The molecule has 0 spiro atoms. The van der Waals surface area contributed by atoms with Crippen molar-refractivity contribution in [2.75, 3.05) is 13.9 Å². The summed E-state index contributed by atoms with van der Waals surface area (Å²) in [7, 11) is -2.12. The van der Waals surface area contributed by atoms with Gasteiger partial charge in [-0.05, 0) is 19.4 Å². The molecule has 0 fully saturated rings. The number of nitrogens with two attached hydrogens (primary N) is 1. The van der Waals surface area contributed by atoms with E-state index in [4.69, 9.17) is 19.3 Å². The Bertz CT molecular complexity index is 586. The molecule has 2 N–H and O–H groups in total. The minimum Gasteiger partial charge on any atom is -0.356 e. The molecule has 0 saturated carbocycles. The molecule has 9 heteroatoms. The Hall–Kier alpha value is -0.160. The second kappa shape index (κ2) is 6.95. The van der Waals surface area contributed by atoms with Crippen LogP contribution in [-0.4, -0.2) is 33.9 Å². The number of methoxy groups -OCH3 is 1. The van der Waals surface area contributed by atoms with Crippen molar-refractivity contribution in [3.63, 3.8) is 0 Å². The van der Waals surface area contributed by atoms with Gasteiger partial charge in [0.2, 0.25) is 10.0 Å². The van der Waals surface area contributed by atoms with Gasteiger partial charge in [-0.2, -0.15) is 0 Å². The molecule has 3 atom stereocenters. The summed E-state index contributed by atoms with van der Waals surface area (Å²) in [5.74, 6) is 0. The maximum atomic E-state index is 11.5. The van der Waals surface area contributed by atoms with E-state index in [1.807, 2.05) is 0 Å². The van der Waals surface area contributed by atoms with E-state index in [2.05, 4.69) is 6.92 Å². The molecular formula is C12H19NO5S3. The number of ether oxygens (including phenoxy) is 3. The Morgan fingerprint density at radius 3 is 2.86 bits per heavy atom. The SMILES string of the molecule is COC(C)OCOC1CC(C)Sc2cc(S(N)(=O)=O)sc21. The van der Waals surface area contributed by atoms with Crippen LogP contribution in [0, 0.1) is 0 Å². The Balaban J connectivity index is 2.12. The first-order valence-electron chi connectivity index (χ1n) is 6.40. The van der Waals surface area contributed by atoms with Crippen LogP contribution >= 0.6 is 23.1 Å². The molecule has 0 saturated heterocycles. The lowest BCUT2D eigenvalue weighted by Gasteiger charge is -2.26. The molecule has 2 rings (SSSR count). The van der Waals surface area contributed by atoms with Gasteiger partial charge >= 0.3 is 0 Å². The van der Waals surface area contributed by atoms with Crippen LogP contribution in [0.3, 0.4) is 0 Å². The van der Waals surface area contributed by atoms with E-state index in [1.54, 1.807) is 31.9 Å². The Labute approximate surface area is 133 Å². The molecule has 0 radical (unpaired) electrons. The van der Waals surface area contributed by atoms with Crippen LogP contribution < -0.4 is 5.14 Å². The molecule has 21 heavy (non-hydrogen) atoms. The summed E-state index contributed by atoms with van der Waals surface area (Å²) in [4.78, 5) is 1.82. The summed E-state index contributed by atoms with van der Waals surface area (Å²) in [5.41, 5.74) is 0. The van der Waals surface area contributed by atoms with Crippen molar-refractivity contribution in [1.29, 1.82) is 0 Å². The van der Waals surface area contributed by atoms with Gasteiger partial charge in [0.05, 0.1) is 6.10 Å². The molecule has 1 aliphatic heterocycles. The van der Waals surface area contributed by atoms with E-state index in [-0.39, 0.29) is 23.4 Å². The highest BCUT2D eigenvalue weighted by Gasteiger charge is 2.30. The van der Waals surface area contributed by atoms with Gasteiger partial charge in [-0.1, -0.05) is 6.92 Å². The average Bonchev–Trinajstić information content (AvgIpc) is 2.82. The Morgan fingerprint density at radius 1 is 1.52 bits per heavy atom. The zero-order valence-corrected chi connectivity index (χ0v) is 14.5. The monoisotopic (exact) mass is 353 g/mol. The zero-order chi connectivity index (χ0) is 15.6. The van der Waals surface area contributed by atoms with Gasteiger partial charge in [0, 0.05) is 22.1 Å². The number of thiophene rings is 1. The third-order valence-electron chi connectivity index (χ3n) is 3.05. The van der Waals surface area contributed by atoms with Gasteiger partial charge in [-0.3, -0.25) is 0 Å². The largest absolute Gasteiger partial charge is 0.356 e. The van der Waals surface area contributed by atoms with Crippen LogP contribution in [0.5, 0.6) is 0 Å². The van der Waals surface area contributed by atoms with Crippen molar-refractivity contribution < 1.29 is 22.6 Å². The number of sulfonamides is 1. The quantitative estimate of drug-likeness (QED) is 0.790. The minimum absolute atomic E-state index is 0.0963. The maximum Gasteiger partial charge on any atom is 0.247 e. The van der Waals surface area contributed by atoms with Gasteiger partial charge in [0.25, 0.3) is 0 Å². The lowest BCUT2D eigenvalue weighted by Crippen LogP contribution is -2.18. The van der Waals surface area contributed by atoms with Gasteiger partial charge in [0.15, 0.2) is 13.1 Å². The number of primary sulfonamides is 1. The van der Waals surface area contributed by atoms with Gasteiger partial charge in [0.1, 0.15) is 4.21 Å². The summed E-state index contributed by atoms with van der Waals surface area (Å²) in [6.07, 6.45) is 0.274. The molecule has 0 aromatic carbocycles. The standard InChI is InChI=1S/C12H19NO5S3/c1-7-4-9(18-6-17-8(2)16-3)12-10(19-7)5-11(20-12)21(13,14)15/h5,7-9H,4,6H2,1-3H3,(H2,13,14,15). The number of rotatable bonds is 6. The molecule has 0 bridgehead atoms. The van der Waals surface area contributed by atoms with E-state index in [9.17, 15) is 8.42 Å². The Kier molecular flexibility index (Phi) is 5.69. The first-order chi connectivity index (χ1) is 9.81. The molecule has 1 aromatic heterocycles. The minimum atomic E-state index is -3.68. The lowest BCUT2D eigenvalue weighted by molar-refractivity contribution is -0.189. The maximum absolute atomic E-state index is 11.5. The number of hydrogen-bond acceptors (Lipinski definition) is 7. The highest BCUT2D eigenvalue weighted by atomic mass is 32.2. The molecule has 3 unspecified atom stereocenters. The second-order valence-electron chi connectivity index (χ2n) is 4.75. The summed E-state index contributed by atoms with van der Waals surface area (Å²) in [5, 5.41) is 5.54. The van der Waals surface area contributed by atoms with Crippen LogP contribution in [0.2, 0.25) is 0 Å². The summed E-state index contributed by atoms with van der Waals surface area (Å²) in [6, 6.07) is 1.63. The molecule has 0 amide bonds. The van der Waals surface area contributed by atoms with Crippen LogP contribution in [0.25, 0.3) is 0 Å². The van der Waals surface area contributed by atoms with Gasteiger partial charge in [-0.25, -0.2) is 13.6 Å². The van der Waals surface area contributed by atoms with Gasteiger partial charge < -0.3 is 14.2 Å². The van der Waals surface area contributed by atoms with Gasteiger partial charge in [-0.15, -0.1) is 23.1 Å². The predicted molar refractivity (Wildman–Crippen MR) is 81.9 cm³/mol. The van der Waals surface area contributed by atoms with Crippen LogP contribution in [-0.2, 0) is 24.2 Å². The normalized spacial score (nSPS) is 23.8. The third kappa shape index (κ3) is 4.41. The second-order valence-corrected chi connectivity index (χ2v) is 9.10.